The summed E-state index contributed by atoms with van der Waals surface area (Å²) in [6, 6.07) is 0.628. The van der Waals surface area contributed by atoms with Crippen molar-refractivity contribution in [2.24, 2.45) is 0 Å². The number of piperazine rings is 1. The van der Waals surface area contributed by atoms with Gasteiger partial charge in [-0.1, -0.05) is 0 Å². The Kier molecular flexibility index (Phi) is 3.38. The van der Waals surface area contributed by atoms with Gasteiger partial charge in [0.15, 0.2) is 0 Å². The molecule has 0 aliphatic carbocycles. The standard InChI is InChI=1S/C11H19N3S/c1-8-6-12-4-5-14(8)7-11-13-9(2)10(3)15-11/h8,12H,4-7H2,1-3H3/t8-/m0/s1. The smallest absolute Gasteiger partial charge is 0.107 e. The lowest BCUT2D eigenvalue weighted by Crippen LogP contribution is -2.49. The monoisotopic (exact) mass is 225 g/mol. The van der Waals surface area contributed by atoms with E-state index in [9.17, 15) is 0 Å². The first kappa shape index (κ1) is 11.0. The molecule has 1 aromatic heterocycles. The van der Waals surface area contributed by atoms with Gasteiger partial charge >= 0.3 is 0 Å². The molecular weight excluding hydrogens is 206 g/mol. The molecule has 1 atom stereocenters. The van der Waals surface area contributed by atoms with Gasteiger partial charge in [-0.05, 0) is 20.8 Å². The summed E-state index contributed by atoms with van der Waals surface area (Å²) in [7, 11) is 0. The molecule has 1 fully saturated rings. The van der Waals surface area contributed by atoms with Crippen LogP contribution in [0.3, 0.4) is 0 Å². The molecule has 0 saturated carbocycles. The third-order valence-electron chi connectivity index (χ3n) is 3.05. The number of aromatic nitrogens is 1. The Morgan fingerprint density at radius 2 is 2.33 bits per heavy atom. The van der Waals surface area contributed by atoms with Crippen LogP contribution in [0.2, 0.25) is 0 Å². The number of nitrogens with zero attached hydrogens (tertiary/aromatic N) is 2. The lowest BCUT2D eigenvalue weighted by atomic mass is 10.2. The van der Waals surface area contributed by atoms with E-state index in [0.717, 1.165) is 26.2 Å². The molecule has 1 saturated heterocycles. The van der Waals surface area contributed by atoms with Crippen LogP contribution in [-0.4, -0.2) is 35.6 Å². The minimum Gasteiger partial charge on any atom is -0.314 e. The fraction of sp³-hybridized carbons (Fsp3) is 0.727. The Hall–Kier alpha value is -0.450. The fourth-order valence-corrected chi connectivity index (χ4v) is 2.86. The summed E-state index contributed by atoms with van der Waals surface area (Å²) in [4.78, 5) is 8.46. The molecule has 0 radical (unpaired) electrons. The molecule has 2 heterocycles. The van der Waals surface area contributed by atoms with E-state index in [1.54, 1.807) is 0 Å². The van der Waals surface area contributed by atoms with Crippen LogP contribution in [0.15, 0.2) is 0 Å². The van der Waals surface area contributed by atoms with Gasteiger partial charge in [-0.3, -0.25) is 4.90 Å². The molecule has 3 nitrogen and oxygen atoms in total. The number of aryl methyl sites for hydroxylation is 2. The Labute approximate surface area is 95.5 Å². The highest BCUT2D eigenvalue weighted by Crippen LogP contribution is 2.19. The number of thiazole rings is 1. The number of hydrogen-bond donors (Lipinski definition) is 1. The molecule has 1 N–H and O–H groups in total. The summed E-state index contributed by atoms with van der Waals surface area (Å²) in [5, 5.41) is 4.67. The van der Waals surface area contributed by atoms with Crippen LogP contribution in [0.5, 0.6) is 0 Å². The third-order valence-corrected chi connectivity index (χ3v) is 4.11. The van der Waals surface area contributed by atoms with Crippen molar-refractivity contribution >= 4 is 11.3 Å². The average Bonchev–Trinajstić information content (AvgIpc) is 2.50. The summed E-state index contributed by atoms with van der Waals surface area (Å²) >= 11 is 1.84. The maximum atomic E-state index is 4.60. The van der Waals surface area contributed by atoms with E-state index < -0.39 is 0 Å². The molecule has 15 heavy (non-hydrogen) atoms. The zero-order valence-electron chi connectivity index (χ0n) is 9.71. The van der Waals surface area contributed by atoms with Crippen LogP contribution >= 0.6 is 11.3 Å². The van der Waals surface area contributed by atoms with E-state index in [4.69, 9.17) is 0 Å². The fourth-order valence-electron chi connectivity index (χ4n) is 1.90. The zero-order chi connectivity index (χ0) is 10.8. The Morgan fingerprint density at radius 3 is 2.93 bits per heavy atom. The van der Waals surface area contributed by atoms with Crippen LogP contribution < -0.4 is 5.32 Å². The molecular formula is C11H19N3S. The molecule has 1 aliphatic heterocycles. The maximum absolute atomic E-state index is 4.60. The quantitative estimate of drug-likeness (QED) is 0.828. The molecule has 0 unspecified atom stereocenters. The van der Waals surface area contributed by atoms with Gasteiger partial charge in [-0.2, -0.15) is 0 Å². The largest absolute Gasteiger partial charge is 0.314 e. The minimum atomic E-state index is 0.628. The summed E-state index contributed by atoms with van der Waals surface area (Å²) in [6.07, 6.45) is 0. The van der Waals surface area contributed by atoms with E-state index in [2.05, 4.69) is 36.0 Å². The van der Waals surface area contributed by atoms with Crippen molar-refractivity contribution in [3.05, 3.63) is 15.6 Å². The van der Waals surface area contributed by atoms with E-state index >= 15 is 0 Å². The average molecular weight is 225 g/mol. The van der Waals surface area contributed by atoms with Gasteiger partial charge in [0.05, 0.1) is 12.2 Å². The zero-order valence-corrected chi connectivity index (χ0v) is 10.5. The lowest BCUT2D eigenvalue weighted by Gasteiger charge is -2.33. The van der Waals surface area contributed by atoms with Crippen LogP contribution in [-0.2, 0) is 6.54 Å². The van der Waals surface area contributed by atoms with Crippen LogP contribution in [0.25, 0.3) is 0 Å². The van der Waals surface area contributed by atoms with Crippen LogP contribution in [0, 0.1) is 13.8 Å². The van der Waals surface area contributed by atoms with Gasteiger partial charge in [0.1, 0.15) is 5.01 Å². The van der Waals surface area contributed by atoms with Gasteiger partial charge < -0.3 is 5.32 Å². The molecule has 1 aromatic rings. The highest BCUT2D eigenvalue weighted by atomic mass is 32.1. The number of nitrogens with one attached hydrogen (secondary N) is 1. The second-order valence-electron chi connectivity index (χ2n) is 4.27. The first-order chi connectivity index (χ1) is 7.16. The summed E-state index contributed by atoms with van der Waals surface area (Å²) in [5.41, 5.74) is 1.19. The molecule has 1 aliphatic rings. The van der Waals surface area contributed by atoms with E-state index in [-0.39, 0.29) is 0 Å². The van der Waals surface area contributed by atoms with Gasteiger partial charge in [0.25, 0.3) is 0 Å². The highest BCUT2D eigenvalue weighted by Gasteiger charge is 2.19. The SMILES string of the molecule is Cc1nc(CN2CCNC[C@@H]2C)sc1C. The van der Waals surface area contributed by atoms with Crippen molar-refractivity contribution < 1.29 is 0 Å². The van der Waals surface area contributed by atoms with E-state index in [1.165, 1.54) is 15.6 Å². The molecule has 84 valence electrons. The van der Waals surface area contributed by atoms with Crippen molar-refractivity contribution in [3.8, 4) is 0 Å². The molecule has 0 bridgehead atoms. The molecule has 2 rings (SSSR count). The predicted octanol–water partition coefficient (Wildman–Crippen LogP) is 1.55. The van der Waals surface area contributed by atoms with Crippen molar-refractivity contribution in [3.63, 3.8) is 0 Å². The second kappa shape index (κ2) is 4.60. The van der Waals surface area contributed by atoms with E-state index in [0.29, 0.717) is 6.04 Å². The van der Waals surface area contributed by atoms with Gasteiger partial charge in [-0.25, -0.2) is 4.98 Å². The van der Waals surface area contributed by atoms with Crippen molar-refractivity contribution in [1.82, 2.24) is 15.2 Å². The van der Waals surface area contributed by atoms with E-state index in [1.807, 2.05) is 11.3 Å². The molecule has 0 aromatic carbocycles. The number of rotatable bonds is 2. The van der Waals surface area contributed by atoms with Gasteiger partial charge in [-0.15, -0.1) is 11.3 Å². The first-order valence-corrected chi connectivity index (χ1v) is 6.36. The lowest BCUT2D eigenvalue weighted by molar-refractivity contribution is 0.165. The summed E-state index contributed by atoms with van der Waals surface area (Å²) in [5.74, 6) is 0. The minimum absolute atomic E-state index is 0.628. The third kappa shape index (κ3) is 2.56. The molecule has 0 amide bonds. The van der Waals surface area contributed by atoms with Crippen LogP contribution in [0.1, 0.15) is 22.5 Å². The van der Waals surface area contributed by atoms with Crippen LogP contribution in [0.4, 0.5) is 0 Å². The predicted molar refractivity (Wildman–Crippen MR) is 64.3 cm³/mol. The van der Waals surface area contributed by atoms with Gasteiger partial charge in [0.2, 0.25) is 0 Å². The van der Waals surface area contributed by atoms with Crippen molar-refractivity contribution in [2.75, 3.05) is 19.6 Å². The topological polar surface area (TPSA) is 28.2 Å². The molecule has 4 heteroatoms. The molecule has 0 spiro atoms. The Morgan fingerprint density at radius 1 is 1.53 bits per heavy atom. The van der Waals surface area contributed by atoms with Crippen molar-refractivity contribution in [2.45, 2.75) is 33.4 Å². The summed E-state index contributed by atoms with van der Waals surface area (Å²) < 4.78 is 0. The summed E-state index contributed by atoms with van der Waals surface area (Å²) in [6.45, 7) is 10.9. The Balaban J connectivity index is 2.01. The highest BCUT2D eigenvalue weighted by molar-refractivity contribution is 7.11. The normalized spacial score (nSPS) is 23.3. The number of hydrogen-bond acceptors (Lipinski definition) is 4. The van der Waals surface area contributed by atoms with Crippen molar-refractivity contribution in [1.29, 1.82) is 0 Å². The Bertz CT molecular complexity index is 315. The second-order valence-corrected chi connectivity index (χ2v) is 5.56. The van der Waals surface area contributed by atoms with Gasteiger partial charge in [0, 0.05) is 30.6 Å². The maximum Gasteiger partial charge on any atom is 0.107 e. The first-order valence-electron chi connectivity index (χ1n) is 5.54.